The van der Waals surface area contributed by atoms with E-state index in [1.807, 2.05) is 0 Å². The number of hydrogen-bond donors (Lipinski definition) is 1. The van der Waals surface area contributed by atoms with E-state index in [2.05, 4.69) is 18.0 Å². The molecule has 0 unspecified atom stereocenters. The largest absolute Gasteiger partial charge is 0.504 e. The van der Waals surface area contributed by atoms with E-state index in [1.54, 1.807) is 6.07 Å². The van der Waals surface area contributed by atoms with Gasteiger partial charge in [-0.25, -0.2) is 4.79 Å². The van der Waals surface area contributed by atoms with E-state index in [4.69, 9.17) is 9.47 Å². The van der Waals surface area contributed by atoms with Crippen LogP contribution in [0, 0.1) is 0 Å². The molecule has 3 atom stereocenters. The Hall–Kier alpha value is -2.01. The van der Waals surface area contributed by atoms with Crippen molar-refractivity contribution in [3.63, 3.8) is 0 Å². The van der Waals surface area contributed by atoms with Gasteiger partial charge in [-0.05, 0) is 31.2 Å². The maximum Gasteiger partial charge on any atom is 0.338 e. The maximum absolute atomic E-state index is 12.3. The third kappa shape index (κ3) is 1.78. The Bertz CT molecular complexity index is 681. The van der Waals surface area contributed by atoms with Crippen LogP contribution in [0.5, 0.6) is 11.5 Å². The normalized spacial score (nSPS) is 30.0. The number of hydrogen-bond acceptors (Lipinski definition) is 5. The monoisotopic (exact) mass is 301 g/mol. The lowest BCUT2D eigenvalue weighted by Crippen LogP contribution is -2.45. The Kier molecular flexibility index (Phi) is 2.94. The number of benzene rings is 1. The molecule has 22 heavy (non-hydrogen) atoms. The van der Waals surface area contributed by atoms with E-state index in [9.17, 15) is 9.90 Å². The van der Waals surface area contributed by atoms with E-state index >= 15 is 0 Å². The fraction of sp³-hybridized carbons (Fsp3) is 0.471. The molecule has 0 spiro atoms. The van der Waals surface area contributed by atoms with Gasteiger partial charge in [-0.1, -0.05) is 11.6 Å². The van der Waals surface area contributed by atoms with Crippen LogP contribution >= 0.6 is 0 Å². The van der Waals surface area contributed by atoms with Gasteiger partial charge in [0.15, 0.2) is 11.5 Å². The van der Waals surface area contributed by atoms with Gasteiger partial charge in [-0.3, -0.25) is 4.90 Å². The van der Waals surface area contributed by atoms with E-state index in [0.717, 1.165) is 24.9 Å². The van der Waals surface area contributed by atoms with Crippen LogP contribution in [-0.2, 0) is 4.74 Å². The molecule has 5 nitrogen and oxygen atoms in total. The summed E-state index contributed by atoms with van der Waals surface area (Å²) in [6.07, 6.45) is 3.93. The van der Waals surface area contributed by atoms with Gasteiger partial charge in [0.2, 0.25) is 0 Å². The number of nitrogens with zero attached hydrogens (tertiary/aromatic N) is 1. The van der Waals surface area contributed by atoms with Gasteiger partial charge in [0.1, 0.15) is 6.10 Å². The molecule has 0 aromatic heterocycles. The highest BCUT2D eigenvalue weighted by molar-refractivity contribution is 5.94. The minimum absolute atomic E-state index is 0.0250. The lowest BCUT2D eigenvalue weighted by Gasteiger charge is -2.41. The predicted octanol–water partition coefficient (Wildman–Crippen LogP) is 2.06. The van der Waals surface area contributed by atoms with Gasteiger partial charge in [0.25, 0.3) is 0 Å². The summed E-state index contributed by atoms with van der Waals surface area (Å²) in [6, 6.07) is 3.54. The van der Waals surface area contributed by atoms with Gasteiger partial charge < -0.3 is 14.6 Å². The Morgan fingerprint density at radius 1 is 1.41 bits per heavy atom. The number of fused-ring (bicyclic) bond motifs is 5. The van der Waals surface area contributed by atoms with E-state index in [1.165, 1.54) is 18.7 Å². The number of esters is 1. The molecule has 1 fully saturated rings. The molecule has 4 rings (SSSR count). The average molecular weight is 301 g/mol. The van der Waals surface area contributed by atoms with Crippen LogP contribution in [0.1, 0.15) is 34.7 Å². The number of phenolic OH excluding ortho intramolecular Hbond substituents is 1. The Morgan fingerprint density at radius 2 is 2.23 bits per heavy atom. The average Bonchev–Trinajstić information content (AvgIpc) is 2.88. The number of aromatic hydroxyl groups is 1. The summed E-state index contributed by atoms with van der Waals surface area (Å²) in [5.41, 5.74) is 2.82. The van der Waals surface area contributed by atoms with Gasteiger partial charge in [-0.15, -0.1) is 0 Å². The minimum Gasteiger partial charge on any atom is -0.504 e. The molecular formula is C17H19NO4. The summed E-state index contributed by atoms with van der Waals surface area (Å²) in [5.74, 6) is 0.133. The molecule has 2 heterocycles. The maximum atomic E-state index is 12.3. The fourth-order valence-corrected chi connectivity index (χ4v) is 4.11. The Balaban J connectivity index is 1.88. The number of methoxy groups -OCH3 is 1. The molecular weight excluding hydrogens is 282 g/mol. The second kappa shape index (κ2) is 4.74. The molecule has 116 valence electrons. The van der Waals surface area contributed by atoms with Gasteiger partial charge in [-0.2, -0.15) is 0 Å². The topological polar surface area (TPSA) is 59.0 Å². The smallest absolute Gasteiger partial charge is 0.338 e. The number of rotatable bonds is 1. The number of phenols is 1. The third-order valence-corrected chi connectivity index (χ3v) is 5.15. The van der Waals surface area contributed by atoms with Crippen molar-refractivity contribution in [3.8, 4) is 11.5 Å². The Labute approximate surface area is 129 Å². The van der Waals surface area contributed by atoms with Crippen LogP contribution in [0.2, 0.25) is 0 Å². The number of likely N-dealkylation sites (N-methyl/N-ethyl adjacent to an activating group) is 1. The van der Waals surface area contributed by atoms with Crippen molar-refractivity contribution in [2.24, 2.45) is 0 Å². The molecule has 0 radical (unpaired) electrons. The van der Waals surface area contributed by atoms with E-state index in [0.29, 0.717) is 11.3 Å². The molecule has 0 amide bonds. The first kappa shape index (κ1) is 13.6. The number of carbonyl (C=O) groups excluding carboxylic acids is 1. The van der Waals surface area contributed by atoms with Crippen molar-refractivity contribution in [1.29, 1.82) is 0 Å². The molecule has 1 aromatic carbocycles. The highest BCUT2D eigenvalue weighted by Gasteiger charge is 2.47. The summed E-state index contributed by atoms with van der Waals surface area (Å²) < 4.78 is 10.9. The first-order chi connectivity index (χ1) is 10.6. The quantitative estimate of drug-likeness (QED) is 0.635. The zero-order chi connectivity index (χ0) is 15.4. The Morgan fingerprint density at radius 3 is 3.00 bits per heavy atom. The zero-order valence-corrected chi connectivity index (χ0v) is 12.7. The van der Waals surface area contributed by atoms with Crippen molar-refractivity contribution in [1.82, 2.24) is 4.90 Å². The molecule has 3 aliphatic rings. The highest BCUT2D eigenvalue weighted by Crippen LogP contribution is 2.47. The lowest BCUT2D eigenvalue weighted by molar-refractivity contribution is 0.00907. The summed E-state index contributed by atoms with van der Waals surface area (Å²) in [7, 11) is 3.63. The van der Waals surface area contributed by atoms with Crippen molar-refractivity contribution in [2.45, 2.75) is 30.9 Å². The molecule has 0 saturated carbocycles. The lowest BCUT2D eigenvalue weighted by atomic mass is 9.75. The van der Waals surface area contributed by atoms with E-state index in [-0.39, 0.29) is 29.8 Å². The molecule has 1 saturated heterocycles. The second-order valence-corrected chi connectivity index (χ2v) is 6.27. The zero-order valence-electron chi connectivity index (χ0n) is 12.7. The van der Waals surface area contributed by atoms with Gasteiger partial charge in [0.05, 0.1) is 12.7 Å². The minimum atomic E-state index is -0.355. The van der Waals surface area contributed by atoms with Crippen molar-refractivity contribution < 1.29 is 19.4 Å². The van der Waals surface area contributed by atoms with Crippen molar-refractivity contribution >= 4 is 5.97 Å². The molecule has 1 N–H and O–H groups in total. The highest BCUT2D eigenvalue weighted by atomic mass is 16.5. The summed E-state index contributed by atoms with van der Waals surface area (Å²) >= 11 is 0. The third-order valence-electron chi connectivity index (χ3n) is 5.15. The van der Waals surface area contributed by atoms with Crippen LogP contribution < -0.4 is 4.74 Å². The van der Waals surface area contributed by atoms with E-state index < -0.39 is 0 Å². The van der Waals surface area contributed by atoms with Gasteiger partial charge >= 0.3 is 5.97 Å². The summed E-state index contributed by atoms with van der Waals surface area (Å²) in [6.45, 7) is 1.03. The van der Waals surface area contributed by atoms with Gasteiger partial charge in [0, 0.05) is 24.9 Å². The summed E-state index contributed by atoms with van der Waals surface area (Å²) in [4.78, 5) is 14.6. The second-order valence-electron chi connectivity index (χ2n) is 6.27. The first-order valence-corrected chi connectivity index (χ1v) is 7.61. The number of ether oxygens (including phenoxy) is 2. The van der Waals surface area contributed by atoms with Crippen LogP contribution in [0.3, 0.4) is 0 Å². The molecule has 0 bridgehead atoms. The predicted molar refractivity (Wildman–Crippen MR) is 80.3 cm³/mol. The van der Waals surface area contributed by atoms with Crippen LogP contribution in [-0.4, -0.2) is 48.8 Å². The number of carbonyl (C=O) groups is 1. The standard InChI is InChI=1S/C17H19NO4/c1-18-6-5-9-3-4-13-15(16(9)18)10-8-14(21-2)12(19)7-11(10)17(20)22-13/h3,7-8,13,15-16,19H,4-6H2,1-2H3/t13-,15-,16-/m1/s1. The summed E-state index contributed by atoms with van der Waals surface area (Å²) in [5, 5.41) is 9.97. The first-order valence-electron chi connectivity index (χ1n) is 7.61. The molecule has 1 aromatic rings. The van der Waals surface area contributed by atoms with Crippen molar-refractivity contribution in [2.75, 3.05) is 20.7 Å². The van der Waals surface area contributed by atoms with Crippen LogP contribution in [0.15, 0.2) is 23.8 Å². The number of likely N-dealkylation sites (tertiary alicyclic amines) is 1. The molecule has 5 heteroatoms. The SMILES string of the molecule is COc1cc2c(cc1O)C(=O)O[C@@H]1CC=C3CCN(C)[C@H]3[C@H]21. The fourth-order valence-electron chi connectivity index (χ4n) is 4.11. The van der Waals surface area contributed by atoms with Crippen LogP contribution in [0.4, 0.5) is 0 Å². The van der Waals surface area contributed by atoms with Crippen molar-refractivity contribution in [3.05, 3.63) is 34.9 Å². The van der Waals surface area contributed by atoms with Crippen LogP contribution in [0.25, 0.3) is 0 Å². The molecule has 1 aliphatic carbocycles. The molecule has 2 aliphatic heterocycles.